The zero-order chi connectivity index (χ0) is 22.7. The molecular weight excluding hydrogens is 392 g/mol. The van der Waals surface area contributed by atoms with Gasteiger partial charge in [-0.05, 0) is 57.0 Å². The molecule has 0 radical (unpaired) electrons. The molecule has 1 atom stereocenters. The first-order chi connectivity index (χ1) is 14.7. The van der Waals surface area contributed by atoms with Crippen molar-refractivity contribution < 1.29 is 9.59 Å². The number of benzene rings is 2. The molecule has 1 aromatic heterocycles. The predicted molar refractivity (Wildman–Crippen MR) is 122 cm³/mol. The number of aromatic nitrogens is 2. The molecule has 0 fully saturated rings. The standard InChI is InChI=1S/C24H26N4O3/c1-14-6-9-20(16(3)12-14)26-24(31)17(4)28-23(30)11-10-21(27-28)19-8-7-15(2)22(13-19)25-18(5)29/h6-13,17H,1-5H3,(H,25,29)(H,26,31)/t17-/m1/s1. The Bertz CT molecular complexity index is 1210. The van der Waals surface area contributed by atoms with E-state index in [1.807, 2.05) is 51.1 Å². The molecule has 2 N–H and O–H groups in total. The number of hydrogen-bond donors (Lipinski definition) is 2. The maximum absolute atomic E-state index is 12.8. The normalized spacial score (nSPS) is 11.6. The maximum Gasteiger partial charge on any atom is 0.267 e. The summed E-state index contributed by atoms with van der Waals surface area (Å²) in [4.78, 5) is 36.7. The van der Waals surface area contributed by atoms with Gasteiger partial charge in [0.1, 0.15) is 6.04 Å². The average Bonchev–Trinajstić information content (AvgIpc) is 2.71. The molecule has 0 bridgehead atoms. The third kappa shape index (κ3) is 5.06. The molecule has 0 aliphatic rings. The van der Waals surface area contributed by atoms with Crippen LogP contribution in [-0.2, 0) is 9.59 Å². The van der Waals surface area contributed by atoms with Crippen LogP contribution in [0.2, 0.25) is 0 Å². The lowest BCUT2D eigenvalue weighted by molar-refractivity contribution is -0.119. The van der Waals surface area contributed by atoms with E-state index in [2.05, 4.69) is 15.7 Å². The summed E-state index contributed by atoms with van der Waals surface area (Å²) in [5.41, 5.74) is 5.21. The summed E-state index contributed by atoms with van der Waals surface area (Å²) in [7, 11) is 0. The average molecular weight is 418 g/mol. The Balaban J connectivity index is 1.91. The molecule has 2 aromatic carbocycles. The van der Waals surface area contributed by atoms with Crippen LogP contribution in [-0.4, -0.2) is 21.6 Å². The Labute approximate surface area is 181 Å². The van der Waals surface area contributed by atoms with Crippen LogP contribution >= 0.6 is 0 Å². The topological polar surface area (TPSA) is 93.1 Å². The molecule has 0 aliphatic carbocycles. The second-order valence-electron chi connectivity index (χ2n) is 7.70. The summed E-state index contributed by atoms with van der Waals surface area (Å²) in [6, 6.07) is 13.5. The summed E-state index contributed by atoms with van der Waals surface area (Å²) >= 11 is 0. The van der Waals surface area contributed by atoms with Gasteiger partial charge in [-0.3, -0.25) is 14.4 Å². The van der Waals surface area contributed by atoms with Gasteiger partial charge in [-0.25, -0.2) is 4.68 Å². The van der Waals surface area contributed by atoms with E-state index in [1.165, 1.54) is 17.7 Å². The summed E-state index contributed by atoms with van der Waals surface area (Å²) in [6.07, 6.45) is 0. The van der Waals surface area contributed by atoms with Crippen molar-refractivity contribution in [3.63, 3.8) is 0 Å². The van der Waals surface area contributed by atoms with E-state index < -0.39 is 6.04 Å². The SMILES string of the molecule is CC(=O)Nc1cc(-c2ccc(=O)n([C@H](C)C(=O)Nc3ccc(C)cc3C)n2)ccc1C. The van der Waals surface area contributed by atoms with Crippen molar-refractivity contribution in [2.45, 2.75) is 40.7 Å². The van der Waals surface area contributed by atoms with Crippen molar-refractivity contribution in [2.24, 2.45) is 0 Å². The van der Waals surface area contributed by atoms with Gasteiger partial charge in [0.05, 0.1) is 5.69 Å². The number of nitrogens with zero attached hydrogens (tertiary/aromatic N) is 2. The van der Waals surface area contributed by atoms with Gasteiger partial charge < -0.3 is 10.6 Å². The van der Waals surface area contributed by atoms with Gasteiger partial charge in [-0.1, -0.05) is 29.8 Å². The largest absolute Gasteiger partial charge is 0.326 e. The molecule has 31 heavy (non-hydrogen) atoms. The van der Waals surface area contributed by atoms with E-state index in [1.54, 1.807) is 19.1 Å². The molecule has 0 aliphatic heterocycles. The van der Waals surface area contributed by atoms with E-state index >= 15 is 0 Å². The van der Waals surface area contributed by atoms with E-state index in [9.17, 15) is 14.4 Å². The van der Waals surface area contributed by atoms with Gasteiger partial charge in [0, 0.05) is 29.9 Å². The molecule has 0 unspecified atom stereocenters. The van der Waals surface area contributed by atoms with E-state index in [0.29, 0.717) is 17.1 Å². The van der Waals surface area contributed by atoms with Gasteiger partial charge >= 0.3 is 0 Å². The van der Waals surface area contributed by atoms with Crippen LogP contribution in [0, 0.1) is 20.8 Å². The Hall–Kier alpha value is -3.74. The number of carbonyl (C=O) groups excluding carboxylic acids is 2. The van der Waals surface area contributed by atoms with Crippen molar-refractivity contribution in [3.05, 3.63) is 75.6 Å². The number of amides is 2. The number of nitrogens with one attached hydrogen (secondary N) is 2. The van der Waals surface area contributed by atoms with Crippen LogP contribution in [0.4, 0.5) is 11.4 Å². The first-order valence-corrected chi connectivity index (χ1v) is 10.0. The number of rotatable bonds is 5. The third-order valence-electron chi connectivity index (χ3n) is 5.06. The van der Waals surface area contributed by atoms with Gasteiger partial charge in [-0.15, -0.1) is 0 Å². The summed E-state index contributed by atoms with van der Waals surface area (Å²) in [5.74, 6) is -0.503. The van der Waals surface area contributed by atoms with E-state index in [4.69, 9.17) is 0 Å². The fourth-order valence-corrected chi connectivity index (χ4v) is 3.26. The summed E-state index contributed by atoms with van der Waals surface area (Å²) in [5, 5.41) is 10.1. The minimum atomic E-state index is -0.812. The van der Waals surface area contributed by atoms with Gasteiger partial charge in [0.15, 0.2) is 0 Å². The fourth-order valence-electron chi connectivity index (χ4n) is 3.26. The van der Waals surface area contributed by atoms with Crippen LogP contribution in [0.3, 0.4) is 0 Å². The molecule has 0 spiro atoms. The quantitative estimate of drug-likeness (QED) is 0.655. The van der Waals surface area contributed by atoms with Gasteiger partial charge in [-0.2, -0.15) is 5.10 Å². The Morgan fingerprint density at radius 1 is 0.903 bits per heavy atom. The Morgan fingerprint density at radius 3 is 2.32 bits per heavy atom. The molecule has 3 aromatic rings. The molecule has 0 saturated heterocycles. The second-order valence-corrected chi connectivity index (χ2v) is 7.70. The number of hydrogen-bond acceptors (Lipinski definition) is 4. The van der Waals surface area contributed by atoms with Crippen LogP contribution < -0.4 is 16.2 Å². The highest BCUT2D eigenvalue weighted by Crippen LogP contribution is 2.24. The second kappa shape index (κ2) is 8.95. The van der Waals surface area contributed by atoms with Crippen LogP contribution in [0.1, 0.15) is 36.6 Å². The molecular formula is C24H26N4O3. The lowest BCUT2D eigenvalue weighted by atomic mass is 10.1. The van der Waals surface area contributed by atoms with Crippen molar-refractivity contribution in [3.8, 4) is 11.3 Å². The first kappa shape index (κ1) is 22.0. The highest BCUT2D eigenvalue weighted by molar-refractivity contribution is 5.94. The maximum atomic E-state index is 12.8. The van der Waals surface area contributed by atoms with Crippen molar-refractivity contribution in [1.29, 1.82) is 0 Å². The van der Waals surface area contributed by atoms with Crippen molar-refractivity contribution >= 4 is 23.2 Å². The lowest BCUT2D eigenvalue weighted by Gasteiger charge is -2.16. The van der Waals surface area contributed by atoms with Gasteiger partial charge in [0.2, 0.25) is 11.8 Å². The predicted octanol–water partition coefficient (Wildman–Crippen LogP) is 3.99. The number of aryl methyl sites for hydroxylation is 3. The molecule has 1 heterocycles. The fraction of sp³-hybridized carbons (Fsp3) is 0.250. The molecule has 7 nitrogen and oxygen atoms in total. The number of anilines is 2. The van der Waals surface area contributed by atoms with Crippen molar-refractivity contribution in [1.82, 2.24) is 9.78 Å². The smallest absolute Gasteiger partial charge is 0.267 e. The summed E-state index contributed by atoms with van der Waals surface area (Å²) < 4.78 is 1.17. The lowest BCUT2D eigenvalue weighted by Crippen LogP contribution is -2.33. The highest BCUT2D eigenvalue weighted by Gasteiger charge is 2.19. The summed E-state index contributed by atoms with van der Waals surface area (Å²) in [6.45, 7) is 8.87. The Morgan fingerprint density at radius 2 is 1.65 bits per heavy atom. The van der Waals surface area contributed by atoms with E-state index in [-0.39, 0.29) is 17.4 Å². The molecule has 2 amide bonds. The zero-order valence-electron chi connectivity index (χ0n) is 18.3. The van der Waals surface area contributed by atoms with Crippen molar-refractivity contribution in [2.75, 3.05) is 10.6 Å². The molecule has 7 heteroatoms. The van der Waals surface area contributed by atoms with Crippen LogP contribution in [0.15, 0.2) is 53.3 Å². The molecule has 0 saturated carbocycles. The minimum absolute atomic E-state index is 0.171. The zero-order valence-corrected chi connectivity index (χ0v) is 18.3. The number of carbonyl (C=O) groups is 2. The third-order valence-corrected chi connectivity index (χ3v) is 5.06. The Kier molecular flexibility index (Phi) is 6.34. The van der Waals surface area contributed by atoms with Crippen LogP contribution in [0.5, 0.6) is 0 Å². The highest BCUT2D eigenvalue weighted by atomic mass is 16.2. The first-order valence-electron chi connectivity index (χ1n) is 10.0. The van der Waals surface area contributed by atoms with E-state index in [0.717, 1.165) is 22.3 Å². The van der Waals surface area contributed by atoms with Gasteiger partial charge in [0.25, 0.3) is 5.56 Å². The molecule has 3 rings (SSSR count). The monoisotopic (exact) mass is 418 g/mol. The molecule has 160 valence electrons. The van der Waals surface area contributed by atoms with Crippen LogP contribution in [0.25, 0.3) is 11.3 Å². The minimum Gasteiger partial charge on any atom is -0.326 e.